The molecular formula is C24H17I2N3O5. The van der Waals surface area contributed by atoms with E-state index < -0.39 is 11.0 Å². The van der Waals surface area contributed by atoms with Gasteiger partial charge in [-0.1, -0.05) is 42.5 Å². The number of nitrogens with one attached hydrogen (secondary N) is 1. The van der Waals surface area contributed by atoms with Crippen molar-refractivity contribution in [1.82, 2.24) is 10.2 Å². The van der Waals surface area contributed by atoms with Gasteiger partial charge in [0.25, 0.3) is 11.6 Å². The molecule has 0 unspecified atom stereocenters. The molecule has 1 aliphatic heterocycles. The third kappa shape index (κ3) is 5.55. The Bertz CT molecular complexity index is 1290. The average molecular weight is 681 g/mol. The highest BCUT2D eigenvalue weighted by Gasteiger charge is 2.33. The molecule has 0 atom stereocenters. The van der Waals surface area contributed by atoms with Crippen molar-refractivity contribution >= 4 is 68.9 Å². The third-order valence-corrected chi connectivity index (χ3v) is 6.58. The number of urea groups is 1. The Labute approximate surface area is 222 Å². The van der Waals surface area contributed by atoms with E-state index in [9.17, 15) is 19.7 Å². The number of nitrogens with zero attached hydrogens (tertiary/aromatic N) is 2. The van der Waals surface area contributed by atoms with Crippen LogP contribution < -0.4 is 10.1 Å². The quantitative estimate of drug-likeness (QED) is 0.117. The number of ether oxygens (including phenoxy) is 1. The first-order chi connectivity index (χ1) is 16.3. The molecule has 34 heavy (non-hydrogen) atoms. The molecule has 3 aromatic carbocycles. The first kappa shape index (κ1) is 24.1. The summed E-state index contributed by atoms with van der Waals surface area (Å²) in [5.41, 5.74) is 2.50. The fourth-order valence-corrected chi connectivity index (χ4v) is 5.49. The third-order valence-electron chi connectivity index (χ3n) is 4.98. The summed E-state index contributed by atoms with van der Waals surface area (Å²) < 4.78 is 7.54. The van der Waals surface area contributed by atoms with Crippen molar-refractivity contribution in [2.45, 2.75) is 13.2 Å². The lowest BCUT2D eigenvalue weighted by atomic mass is 10.1. The number of halogens is 2. The molecule has 1 heterocycles. The number of amides is 3. The summed E-state index contributed by atoms with van der Waals surface area (Å²) >= 11 is 4.27. The first-order valence-corrected chi connectivity index (χ1v) is 12.2. The molecule has 0 saturated carbocycles. The van der Waals surface area contributed by atoms with E-state index in [1.165, 1.54) is 17.0 Å². The van der Waals surface area contributed by atoms with Crippen molar-refractivity contribution in [2.75, 3.05) is 0 Å². The summed E-state index contributed by atoms with van der Waals surface area (Å²) in [4.78, 5) is 36.9. The van der Waals surface area contributed by atoms with Crippen LogP contribution >= 0.6 is 45.2 Å². The van der Waals surface area contributed by atoms with Gasteiger partial charge in [0, 0.05) is 12.1 Å². The maximum absolute atomic E-state index is 12.8. The van der Waals surface area contributed by atoms with Gasteiger partial charge in [0.05, 0.1) is 18.6 Å². The highest BCUT2D eigenvalue weighted by molar-refractivity contribution is 14.1. The number of hydrogen-bond acceptors (Lipinski definition) is 5. The number of nitro benzene ring substituents is 1. The van der Waals surface area contributed by atoms with E-state index in [-0.39, 0.29) is 30.4 Å². The topological polar surface area (TPSA) is 102 Å². The zero-order chi connectivity index (χ0) is 24.2. The molecule has 4 rings (SSSR count). The molecule has 10 heteroatoms. The minimum Gasteiger partial charge on any atom is -0.487 e. The van der Waals surface area contributed by atoms with Crippen LogP contribution in [0.3, 0.4) is 0 Å². The van der Waals surface area contributed by atoms with Gasteiger partial charge >= 0.3 is 6.03 Å². The van der Waals surface area contributed by atoms with Crippen LogP contribution in [0.4, 0.5) is 10.5 Å². The lowest BCUT2D eigenvalue weighted by Crippen LogP contribution is -2.30. The Morgan fingerprint density at radius 2 is 1.65 bits per heavy atom. The zero-order valence-electron chi connectivity index (χ0n) is 17.5. The van der Waals surface area contributed by atoms with Crippen molar-refractivity contribution in [1.29, 1.82) is 0 Å². The van der Waals surface area contributed by atoms with Gasteiger partial charge in [-0.05, 0) is 80.1 Å². The number of nitro groups is 1. The van der Waals surface area contributed by atoms with Gasteiger partial charge in [0.2, 0.25) is 0 Å². The van der Waals surface area contributed by atoms with Crippen molar-refractivity contribution in [3.8, 4) is 5.75 Å². The summed E-state index contributed by atoms with van der Waals surface area (Å²) in [6.07, 6.45) is 1.64. The van der Waals surface area contributed by atoms with Gasteiger partial charge in [-0.3, -0.25) is 19.8 Å². The number of benzene rings is 3. The second kappa shape index (κ2) is 10.5. The van der Waals surface area contributed by atoms with Crippen LogP contribution in [0.1, 0.15) is 16.7 Å². The maximum Gasteiger partial charge on any atom is 0.329 e. The van der Waals surface area contributed by atoms with Crippen molar-refractivity contribution < 1.29 is 19.2 Å². The molecule has 3 aromatic rings. The van der Waals surface area contributed by atoms with Gasteiger partial charge in [-0.2, -0.15) is 0 Å². The van der Waals surface area contributed by atoms with Gasteiger partial charge in [0.15, 0.2) is 0 Å². The Hall–Kier alpha value is -3.00. The maximum atomic E-state index is 12.8. The van der Waals surface area contributed by atoms with Gasteiger partial charge in [0.1, 0.15) is 18.1 Å². The normalized spacial score (nSPS) is 14.4. The first-order valence-electron chi connectivity index (χ1n) is 10.1. The monoisotopic (exact) mass is 681 g/mol. The van der Waals surface area contributed by atoms with Gasteiger partial charge in [-0.15, -0.1) is 0 Å². The molecule has 1 fully saturated rings. The number of non-ortho nitro benzene ring substituents is 1. The molecule has 0 aliphatic carbocycles. The van der Waals surface area contributed by atoms with E-state index in [4.69, 9.17) is 4.74 Å². The van der Waals surface area contributed by atoms with Gasteiger partial charge in [-0.25, -0.2) is 4.79 Å². The molecule has 1 saturated heterocycles. The molecule has 8 nitrogen and oxygen atoms in total. The van der Waals surface area contributed by atoms with Crippen LogP contribution in [0.15, 0.2) is 72.4 Å². The molecule has 0 radical (unpaired) electrons. The smallest absolute Gasteiger partial charge is 0.329 e. The molecule has 172 valence electrons. The number of carbonyl (C=O) groups excluding carboxylic acids is 2. The lowest BCUT2D eigenvalue weighted by molar-refractivity contribution is -0.384. The zero-order valence-corrected chi connectivity index (χ0v) is 21.8. The van der Waals surface area contributed by atoms with Crippen molar-refractivity contribution in [3.05, 3.63) is 106 Å². The molecule has 3 amide bonds. The van der Waals surface area contributed by atoms with E-state index >= 15 is 0 Å². The summed E-state index contributed by atoms with van der Waals surface area (Å²) in [5, 5.41) is 13.6. The van der Waals surface area contributed by atoms with E-state index in [1.54, 1.807) is 18.2 Å². The molecule has 1 N–H and O–H groups in total. The Morgan fingerprint density at radius 3 is 2.32 bits per heavy atom. The van der Waals surface area contributed by atoms with Crippen LogP contribution in [0.25, 0.3) is 6.08 Å². The Balaban J connectivity index is 1.49. The van der Waals surface area contributed by atoms with Crippen LogP contribution in [0, 0.1) is 17.3 Å². The van der Waals surface area contributed by atoms with E-state index in [2.05, 4.69) is 50.5 Å². The highest BCUT2D eigenvalue weighted by atomic mass is 127. The van der Waals surface area contributed by atoms with Crippen molar-refractivity contribution in [2.24, 2.45) is 0 Å². The summed E-state index contributed by atoms with van der Waals surface area (Å²) in [6.45, 7) is 0.374. The number of hydrogen-bond donors (Lipinski definition) is 1. The Kier molecular flexibility index (Phi) is 7.46. The number of rotatable bonds is 7. The minimum absolute atomic E-state index is 0.0112. The van der Waals surface area contributed by atoms with E-state index in [1.807, 2.05) is 42.5 Å². The minimum atomic E-state index is -0.457. The second-order valence-electron chi connectivity index (χ2n) is 7.39. The van der Waals surface area contributed by atoms with Crippen LogP contribution in [0.2, 0.25) is 0 Å². The largest absolute Gasteiger partial charge is 0.487 e. The molecule has 0 spiro atoms. The predicted octanol–water partition coefficient (Wildman–Crippen LogP) is 5.48. The second-order valence-corrected chi connectivity index (χ2v) is 9.72. The van der Waals surface area contributed by atoms with E-state index in [0.29, 0.717) is 11.3 Å². The van der Waals surface area contributed by atoms with Crippen molar-refractivity contribution in [3.63, 3.8) is 0 Å². The molecular weight excluding hydrogens is 664 g/mol. The predicted molar refractivity (Wildman–Crippen MR) is 143 cm³/mol. The van der Waals surface area contributed by atoms with Gasteiger partial charge < -0.3 is 10.1 Å². The fourth-order valence-electron chi connectivity index (χ4n) is 3.36. The molecule has 0 bridgehead atoms. The van der Waals surface area contributed by atoms with Crippen LogP contribution in [0.5, 0.6) is 5.75 Å². The number of imide groups is 1. The highest BCUT2D eigenvalue weighted by Crippen LogP contribution is 2.31. The van der Waals surface area contributed by atoms with Crippen LogP contribution in [-0.2, 0) is 17.9 Å². The summed E-state index contributed by atoms with van der Waals surface area (Å²) in [7, 11) is 0. The molecule has 0 aromatic heterocycles. The summed E-state index contributed by atoms with van der Waals surface area (Å²) in [5.74, 6) is 0.257. The lowest BCUT2D eigenvalue weighted by Gasteiger charge is -2.12. The van der Waals surface area contributed by atoms with E-state index in [0.717, 1.165) is 18.3 Å². The SMILES string of the molecule is O=C1N/C(=C/c2cc(I)c(OCc3cccc([N+](=O)[O-])c3)c(I)c2)C(=O)N1Cc1ccccc1. The summed E-state index contributed by atoms with van der Waals surface area (Å²) in [6, 6.07) is 18.8. The Morgan fingerprint density at radius 1 is 0.971 bits per heavy atom. The standard InChI is InChI=1S/C24H17I2N3O5/c25-19-10-17(11-20(26)22(19)34-14-16-7-4-8-18(9-16)29(32)33)12-21-23(30)28(24(31)27-21)13-15-5-2-1-3-6-15/h1-12H,13-14H2,(H,27,31)/b21-12+. The van der Waals surface area contributed by atoms with Crippen LogP contribution in [-0.4, -0.2) is 21.8 Å². The fraction of sp³-hybridized carbons (Fsp3) is 0.0833. The molecule has 1 aliphatic rings. The average Bonchev–Trinajstić information content (AvgIpc) is 3.06. The number of carbonyl (C=O) groups is 2.